The number of ketones is 1. The van der Waals surface area contributed by atoms with Gasteiger partial charge in [0.1, 0.15) is 0 Å². The number of Topliss-reactive ketones (excluding diaryl/α,β-unsaturated/α-hetero) is 1. The second-order valence-electron chi connectivity index (χ2n) is 3.40. The van der Waals surface area contributed by atoms with E-state index in [0.717, 1.165) is 19.3 Å². The second kappa shape index (κ2) is 5.02. The van der Waals surface area contributed by atoms with Gasteiger partial charge in [-0.3, -0.25) is 4.79 Å². The van der Waals surface area contributed by atoms with E-state index in [1.54, 1.807) is 0 Å². The van der Waals surface area contributed by atoms with Gasteiger partial charge in [-0.25, -0.2) is 0 Å². The van der Waals surface area contributed by atoms with Crippen molar-refractivity contribution in [2.24, 2.45) is 11.7 Å². The first-order chi connectivity index (χ1) is 6.25. The first-order valence-electron chi connectivity index (χ1n) is 4.83. The molecule has 0 bridgehead atoms. The summed E-state index contributed by atoms with van der Waals surface area (Å²) in [5, 5.41) is 0. The molecule has 0 aromatic heterocycles. The highest BCUT2D eigenvalue weighted by Gasteiger charge is 2.20. The molecule has 0 aliphatic carbocycles. The van der Waals surface area contributed by atoms with Gasteiger partial charge in [-0.15, -0.1) is 0 Å². The Hall–Kier alpha value is -0.830. The SMILES string of the molecule is CC(CCCN)C(=O)C1=CCCO1. The van der Waals surface area contributed by atoms with Gasteiger partial charge in [0.15, 0.2) is 11.5 Å². The molecule has 1 aliphatic heterocycles. The van der Waals surface area contributed by atoms with Crippen LogP contribution in [0, 0.1) is 5.92 Å². The second-order valence-corrected chi connectivity index (χ2v) is 3.40. The van der Waals surface area contributed by atoms with Gasteiger partial charge < -0.3 is 10.5 Å². The van der Waals surface area contributed by atoms with Gasteiger partial charge in [-0.05, 0) is 25.5 Å². The summed E-state index contributed by atoms with van der Waals surface area (Å²) < 4.78 is 5.20. The van der Waals surface area contributed by atoms with Crippen LogP contribution in [0.5, 0.6) is 0 Å². The van der Waals surface area contributed by atoms with Gasteiger partial charge in [0, 0.05) is 12.3 Å². The molecule has 0 amide bonds. The molecule has 1 rings (SSSR count). The highest BCUT2D eigenvalue weighted by Crippen LogP contribution is 2.17. The summed E-state index contributed by atoms with van der Waals surface area (Å²) in [5.74, 6) is 0.739. The molecule has 74 valence electrons. The van der Waals surface area contributed by atoms with Gasteiger partial charge in [0.05, 0.1) is 6.61 Å². The summed E-state index contributed by atoms with van der Waals surface area (Å²) in [6, 6.07) is 0. The van der Waals surface area contributed by atoms with Crippen LogP contribution < -0.4 is 5.73 Å². The van der Waals surface area contributed by atoms with E-state index in [0.29, 0.717) is 18.9 Å². The van der Waals surface area contributed by atoms with Crippen molar-refractivity contribution >= 4 is 5.78 Å². The molecule has 0 fully saturated rings. The fourth-order valence-electron chi connectivity index (χ4n) is 1.39. The molecule has 3 nitrogen and oxygen atoms in total. The lowest BCUT2D eigenvalue weighted by Crippen LogP contribution is -2.15. The number of rotatable bonds is 5. The van der Waals surface area contributed by atoms with E-state index < -0.39 is 0 Å². The highest BCUT2D eigenvalue weighted by atomic mass is 16.5. The lowest BCUT2D eigenvalue weighted by molar-refractivity contribution is -0.121. The normalized spacial score (nSPS) is 17.8. The van der Waals surface area contributed by atoms with Crippen molar-refractivity contribution in [3.63, 3.8) is 0 Å². The van der Waals surface area contributed by atoms with E-state index in [1.807, 2.05) is 13.0 Å². The summed E-state index contributed by atoms with van der Waals surface area (Å²) in [5.41, 5.74) is 5.37. The molecule has 13 heavy (non-hydrogen) atoms. The molecule has 0 aromatic rings. The first-order valence-corrected chi connectivity index (χ1v) is 4.83. The lowest BCUT2D eigenvalue weighted by Gasteiger charge is -2.09. The topological polar surface area (TPSA) is 52.3 Å². The molecular formula is C10H17NO2. The molecule has 1 atom stereocenters. The maximum atomic E-state index is 11.6. The summed E-state index contributed by atoms with van der Waals surface area (Å²) in [7, 11) is 0. The van der Waals surface area contributed by atoms with Gasteiger partial charge in [-0.2, -0.15) is 0 Å². The monoisotopic (exact) mass is 183 g/mol. The smallest absolute Gasteiger partial charge is 0.199 e. The predicted octanol–water partition coefficient (Wildman–Crippen LogP) is 1.23. The fraction of sp³-hybridized carbons (Fsp3) is 0.700. The minimum Gasteiger partial charge on any atom is -0.490 e. The zero-order valence-electron chi connectivity index (χ0n) is 8.08. The Bertz CT molecular complexity index is 211. The maximum absolute atomic E-state index is 11.6. The third-order valence-electron chi connectivity index (χ3n) is 2.24. The minimum absolute atomic E-state index is 0.0490. The number of hydrogen-bond acceptors (Lipinski definition) is 3. The number of allylic oxidation sites excluding steroid dienone is 1. The highest BCUT2D eigenvalue weighted by molar-refractivity contribution is 5.95. The summed E-state index contributed by atoms with van der Waals surface area (Å²) in [6.07, 6.45) is 4.50. The Balaban J connectivity index is 2.37. The van der Waals surface area contributed by atoms with Crippen molar-refractivity contribution in [1.29, 1.82) is 0 Å². The van der Waals surface area contributed by atoms with Crippen molar-refractivity contribution in [2.45, 2.75) is 26.2 Å². The summed E-state index contributed by atoms with van der Waals surface area (Å²) in [6.45, 7) is 3.24. The Morgan fingerprint density at radius 2 is 2.54 bits per heavy atom. The van der Waals surface area contributed by atoms with E-state index in [4.69, 9.17) is 10.5 Å². The van der Waals surface area contributed by atoms with Crippen LogP contribution in [0.25, 0.3) is 0 Å². The van der Waals surface area contributed by atoms with Crippen molar-refractivity contribution < 1.29 is 9.53 Å². The van der Waals surface area contributed by atoms with Crippen LogP contribution in [-0.2, 0) is 9.53 Å². The Kier molecular flexibility index (Phi) is 3.96. The Morgan fingerprint density at radius 3 is 3.08 bits per heavy atom. The molecule has 3 heteroatoms. The molecule has 1 aliphatic rings. The zero-order chi connectivity index (χ0) is 9.68. The van der Waals surface area contributed by atoms with Crippen LogP contribution in [0.3, 0.4) is 0 Å². The predicted molar refractivity (Wildman–Crippen MR) is 51.1 cm³/mol. The third-order valence-corrected chi connectivity index (χ3v) is 2.24. The number of carbonyl (C=O) groups excluding carboxylic acids is 1. The standard InChI is InChI=1S/C10H17NO2/c1-8(4-2-6-11)10(12)9-5-3-7-13-9/h5,8H,2-4,6-7,11H2,1H3. The van der Waals surface area contributed by atoms with Gasteiger partial charge in [-0.1, -0.05) is 6.92 Å². The molecular weight excluding hydrogens is 166 g/mol. The van der Waals surface area contributed by atoms with Crippen LogP contribution in [-0.4, -0.2) is 18.9 Å². The van der Waals surface area contributed by atoms with Crippen molar-refractivity contribution in [3.8, 4) is 0 Å². The molecule has 0 saturated heterocycles. The van der Waals surface area contributed by atoms with E-state index in [-0.39, 0.29) is 11.7 Å². The average molecular weight is 183 g/mol. The average Bonchev–Trinajstić information content (AvgIpc) is 2.65. The molecule has 0 spiro atoms. The van der Waals surface area contributed by atoms with Crippen LogP contribution in [0.4, 0.5) is 0 Å². The molecule has 0 aromatic carbocycles. The third kappa shape index (κ3) is 2.84. The van der Waals surface area contributed by atoms with Crippen LogP contribution in [0.1, 0.15) is 26.2 Å². The van der Waals surface area contributed by atoms with Gasteiger partial charge in [0.25, 0.3) is 0 Å². The summed E-state index contributed by atoms with van der Waals surface area (Å²) in [4.78, 5) is 11.6. The van der Waals surface area contributed by atoms with E-state index in [2.05, 4.69) is 0 Å². The van der Waals surface area contributed by atoms with Crippen LogP contribution >= 0.6 is 0 Å². The minimum atomic E-state index is 0.0490. The van der Waals surface area contributed by atoms with E-state index in [1.165, 1.54) is 0 Å². The first kappa shape index (κ1) is 10.3. The van der Waals surface area contributed by atoms with Crippen molar-refractivity contribution in [2.75, 3.05) is 13.2 Å². The maximum Gasteiger partial charge on any atom is 0.199 e. The Labute approximate surface area is 78.9 Å². The van der Waals surface area contributed by atoms with Crippen molar-refractivity contribution in [1.82, 2.24) is 0 Å². The van der Waals surface area contributed by atoms with Crippen LogP contribution in [0.15, 0.2) is 11.8 Å². The zero-order valence-corrected chi connectivity index (χ0v) is 8.08. The van der Waals surface area contributed by atoms with Crippen molar-refractivity contribution in [3.05, 3.63) is 11.8 Å². The Morgan fingerprint density at radius 1 is 1.77 bits per heavy atom. The molecule has 0 radical (unpaired) electrons. The van der Waals surface area contributed by atoms with Crippen LogP contribution in [0.2, 0.25) is 0 Å². The largest absolute Gasteiger partial charge is 0.490 e. The lowest BCUT2D eigenvalue weighted by atomic mass is 9.99. The number of carbonyl (C=O) groups is 1. The molecule has 0 saturated carbocycles. The van der Waals surface area contributed by atoms with Gasteiger partial charge >= 0.3 is 0 Å². The van der Waals surface area contributed by atoms with Gasteiger partial charge in [0.2, 0.25) is 0 Å². The molecule has 2 N–H and O–H groups in total. The fourth-order valence-corrected chi connectivity index (χ4v) is 1.39. The number of nitrogens with two attached hydrogens (primary N) is 1. The number of hydrogen-bond donors (Lipinski definition) is 1. The van der Waals surface area contributed by atoms with E-state index in [9.17, 15) is 4.79 Å². The molecule has 1 heterocycles. The molecule has 1 unspecified atom stereocenters. The summed E-state index contributed by atoms with van der Waals surface area (Å²) >= 11 is 0. The number of ether oxygens (including phenoxy) is 1. The van der Waals surface area contributed by atoms with E-state index >= 15 is 0 Å². The quantitative estimate of drug-likeness (QED) is 0.697.